The van der Waals surface area contributed by atoms with E-state index in [9.17, 15) is 14.4 Å². The maximum atomic E-state index is 11.5. The van der Waals surface area contributed by atoms with Crippen molar-refractivity contribution in [2.45, 2.75) is 13.3 Å². The van der Waals surface area contributed by atoms with Gasteiger partial charge in [0.05, 0.1) is 11.9 Å². The summed E-state index contributed by atoms with van der Waals surface area (Å²) in [5, 5.41) is 2.08. The van der Waals surface area contributed by atoms with Gasteiger partial charge in [-0.1, -0.05) is 0 Å². The van der Waals surface area contributed by atoms with Crippen molar-refractivity contribution < 1.29 is 14.4 Å². The van der Waals surface area contributed by atoms with Crippen LogP contribution >= 0.6 is 0 Å². The molecule has 82 valence electrons. The zero-order chi connectivity index (χ0) is 11.7. The van der Waals surface area contributed by atoms with Crippen LogP contribution < -0.4 is 10.2 Å². The van der Waals surface area contributed by atoms with Gasteiger partial charge >= 0.3 is 6.03 Å². The molecule has 1 fully saturated rings. The Morgan fingerprint density at radius 3 is 2.69 bits per heavy atom. The highest BCUT2D eigenvalue weighted by molar-refractivity contribution is 6.26. The summed E-state index contributed by atoms with van der Waals surface area (Å²) >= 11 is 0. The number of nitrogens with zero attached hydrogens (tertiary/aromatic N) is 2. The van der Waals surface area contributed by atoms with E-state index >= 15 is 0 Å². The van der Waals surface area contributed by atoms with E-state index < -0.39 is 17.8 Å². The van der Waals surface area contributed by atoms with Gasteiger partial charge in [0.1, 0.15) is 6.42 Å². The van der Waals surface area contributed by atoms with Gasteiger partial charge in [0.2, 0.25) is 11.8 Å². The Bertz CT molecular complexity index is 464. The molecular weight excluding hydrogens is 210 g/mol. The summed E-state index contributed by atoms with van der Waals surface area (Å²) in [4.78, 5) is 38.8. The first kappa shape index (κ1) is 10.3. The molecule has 1 aromatic heterocycles. The van der Waals surface area contributed by atoms with Gasteiger partial charge < -0.3 is 0 Å². The minimum absolute atomic E-state index is 0.320. The Balaban J connectivity index is 2.36. The van der Waals surface area contributed by atoms with Crippen molar-refractivity contribution in [2.75, 3.05) is 4.90 Å². The SMILES string of the molecule is Cc1cncc(N2C(=O)CC(=O)NC2=O)c1. The van der Waals surface area contributed by atoms with Crippen molar-refractivity contribution in [2.24, 2.45) is 0 Å². The number of pyridine rings is 1. The number of anilines is 1. The molecule has 0 saturated carbocycles. The van der Waals surface area contributed by atoms with Crippen molar-refractivity contribution in [1.82, 2.24) is 10.3 Å². The second kappa shape index (κ2) is 3.73. The minimum Gasteiger partial charge on any atom is -0.277 e. The third kappa shape index (κ3) is 1.77. The van der Waals surface area contributed by atoms with E-state index in [1.165, 1.54) is 6.20 Å². The molecule has 4 amide bonds. The Labute approximate surface area is 91.3 Å². The third-order valence-corrected chi connectivity index (χ3v) is 2.13. The summed E-state index contributed by atoms with van der Waals surface area (Å²) in [5.74, 6) is -1.12. The molecule has 2 rings (SSSR count). The molecule has 1 aromatic rings. The summed E-state index contributed by atoms with van der Waals surface area (Å²) in [6.45, 7) is 1.80. The first-order chi connectivity index (χ1) is 7.58. The van der Waals surface area contributed by atoms with Gasteiger partial charge in [-0.15, -0.1) is 0 Å². The van der Waals surface area contributed by atoms with Crippen molar-refractivity contribution in [3.05, 3.63) is 24.0 Å². The monoisotopic (exact) mass is 219 g/mol. The van der Waals surface area contributed by atoms with Crippen LogP contribution in [-0.4, -0.2) is 22.8 Å². The van der Waals surface area contributed by atoms with Gasteiger partial charge in [0.25, 0.3) is 0 Å². The predicted octanol–water partition coefficient (Wildman–Crippen LogP) is 0.363. The van der Waals surface area contributed by atoms with Gasteiger partial charge in [-0.2, -0.15) is 0 Å². The first-order valence-corrected chi connectivity index (χ1v) is 4.66. The lowest BCUT2D eigenvalue weighted by Gasteiger charge is -2.24. The summed E-state index contributed by atoms with van der Waals surface area (Å²) in [5.41, 5.74) is 1.20. The molecule has 0 aliphatic carbocycles. The average Bonchev–Trinajstić information content (AvgIpc) is 2.15. The van der Waals surface area contributed by atoms with Crippen molar-refractivity contribution in [3.63, 3.8) is 0 Å². The van der Waals surface area contributed by atoms with E-state index in [0.29, 0.717) is 5.69 Å². The Hall–Kier alpha value is -2.24. The van der Waals surface area contributed by atoms with E-state index in [-0.39, 0.29) is 6.42 Å². The molecule has 1 N–H and O–H groups in total. The highest BCUT2D eigenvalue weighted by atomic mass is 16.2. The molecule has 0 radical (unpaired) electrons. The van der Waals surface area contributed by atoms with Gasteiger partial charge in [-0.3, -0.25) is 19.9 Å². The smallest absolute Gasteiger partial charge is 0.277 e. The predicted molar refractivity (Wildman–Crippen MR) is 54.6 cm³/mol. The maximum Gasteiger partial charge on any atom is 0.335 e. The molecule has 6 heteroatoms. The van der Waals surface area contributed by atoms with Crippen LogP contribution in [0.2, 0.25) is 0 Å². The number of urea groups is 1. The lowest BCUT2D eigenvalue weighted by molar-refractivity contribution is -0.128. The number of rotatable bonds is 1. The number of barbiturate groups is 1. The average molecular weight is 219 g/mol. The second-order valence-electron chi connectivity index (χ2n) is 3.48. The summed E-state index contributed by atoms with van der Waals surface area (Å²) < 4.78 is 0. The number of carbonyl (C=O) groups is 3. The number of aryl methyl sites for hydroxylation is 1. The molecule has 0 spiro atoms. The van der Waals surface area contributed by atoms with Crippen LogP contribution in [0, 0.1) is 6.92 Å². The fourth-order valence-corrected chi connectivity index (χ4v) is 1.47. The molecule has 0 atom stereocenters. The fraction of sp³-hybridized carbons (Fsp3) is 0.200. The quantitative estimate of drug-likeness (QED) is 0.692. The molecular formula is C10H9N3O3. The molecule has 2 heterocycles. The Kier molecular flexibility index (Phi) is 2.40. The van der Waals surface area contributed by atoms with Crippen LogP contribution in [-0.2, 0) is 9.59 Å². The molecule has 16 heavy (non-hydrogen) atoms. The van der Waals surface area contributed by atoms with Gasteiger partial charge in [-0.05, 0) is 18.6 Å². The largest absolute Gasteiger partial charge is 0.335 e. The number of aromatic nitrogens is 1. The lowest BCUT2D eigenvalue weighted by atomic mass is 10.2. The highest BCUT2D eigenvalue weighted by Gasteiger charge is 2.32. The molecule has 6 nitrogen and oxygen atoms in total. The summed E-state index contributed by atoms with van der Waals surface area (Å²) in [7, 11) is 0. The summed E-state index contributed by atoms with van der Waals surface area (Å²) in [6.07, 6.45) is 2.70. The Morgan fingerprint density at radius 2 is 2.06 bits per heavy atom. The lowest BCUT2D eigenvalue weighted by Crippen LogP contribution is -2.53. The third-order valence-electron chi connectivity index (χ3n) is 2.13. The van der Waals surface area contributed by atoms with E-state index in [0.717, 1.165) is 10.5 Å². The minimum atomic E-state index is -0.728. The van der Waals surface area contributed by atoms with Crippen LogP contribution in [0.25, 0.3) is 0 Å². The van der Waals surface area contributed by atoms with Crippen LogP contribution in [0.4, 0.5) is 10.5 Å². The van der Waals surface area contributed by atoms with E-state index in [1.54, 1.807) is 19.2 Å². The van der Waals surface area contributed by atoms with Crippen molar-refractivity contribution in [1.29, 1.82) is 0 Å². The maximum absolute atomic E-state index is 11.5. The van der Waals surface area contributed by atoms with Gasteiger partial charge in [0.15, 0.2) is 0 Å². The number of hydrogen-bond donors (Lipinski definition) is 1. The summed E-state index contributed by atoms with van der Waals surface area (Å²) in [6, 6.07) is 0.925. The molecule has 0 unspecified atom stereocenters. The number of hydrogen-bond acceptors (Lipinski definition) is 4. The molecule has 0 bridgehead atoms. The van der Waals surface area contributed by atoms with Crippen LogP contribution in [0.5, 0.6) is 0 Å². The van der Waals surface area contributed by atoms with Gasteiger partial charge in [0, 0.05) is 6.20 Å². The van der Waals surface area contributed by atoms with E-state index in [1.807, 2.05) is 0 Å². The molecule has 1 aliphatic rings. The normalized spacial score (nSPS) is 16.3. The molecule has 1 saturated heterocycles. The zero-order valence-electron chi connectivity index (χ0n) is 8.56. The van der Waals surface area contributed by atoms with Crippen LogP contribution in [0.3, 0.4) is 0 Å². The highest BCUT2D eigenvalue weighted by Crippen LogP contribution is 2.17. The topological polar surface area (TPSA) is 79.4 Å². The standard InChI is InChI=1S/C10H9N3O3/c1-6-2-7(5-11-4-6)13-9(15)3-8(14)12-10(13)16/h2,4-5H,3H2,1H3,(H,12,14,16). The van der Waals surface area contributed by atoms with E-state index in [4.69, 9.17) is 0 Å². The number of amides is 4. The van der Waals surface area contributed by atoms with Crippen molar-refractivity contribution >= 4 is 23.5 Å². The number of imide groups is 2. The second-order valence-corrected chi connectivity index (χ2v) is 3.48. The Morgan fingerprint density at radius 1 is 1.31 bits per heavy atom. The molecule has 1 aliphatic heterocycles. The van der Waals surface area contributed by atoms with Crippen LogP contribution in [0.15, 0.2) is 18.5 Å². The van der Waals surface area contributed by atoms with Crippen molar-refractivity contribution in [3.8, 4) is 0 Å². The van der Waals surface area contributed by atoms with Gasteiger partial charge in [-0.25, -0.2) is 9.69 Å². The first-order valence-electron chi connectivity index (χ1n) is 4.66. The van der Waals surface area contributed by atoms with E-state index in [2.05, 4.69) is 10.3 Å². The zero-order valence-corrected chi connectivity index (χ0v) is 8.56. The number of carbonyl (C=O) groups excluding carboxylic acids is 3. The number of nitrogens with one attached hydrogen (secondary N) is 1. The van der Waals surface area contributed by atoms with Crippen LogP contribution in [0.1, 0.15) is 12.0 Å². The molecule has 0 aromatic carbocycles. The fourth-order valence-electron chi connectivity index (χ4n) is 1.47.